The highest BCUT2D eigenvalue weighted by Gasteiger charge is 2.59. The van der Waals surface area contributed by atoms with Gasteiger partial charge in [-0.15, -0.1) is 0 Å². The van der Waals surface area contributed by atoms with Crippen LogP contribution in [0.3, 0.4) is 0 Å². The Balaban J connectivity index is 1.26. The van der Waals surface area contributed by atoms with E-state index in [2.05, 4.69) is 19.9 Å². The molecule has 0 aromatic rings. The predicted octanol–water partition coefficient (Wildman–Crippen LogP) is 1.39. The molecule has 4 aliphatic carbocycles. The smallest absolute Gasteiger partial charge is 0.335 e. The lowest BCUT2D eigenvalue weighted by Crippen LogP contribution is -2.60. The zero-order valence-electron chi connectivity index (χ0n) is 20.7. The third kappa shape index (κ3) is 3.91. The van der Waals surface area contributed by atoms with Gasteiger partial charge in [-0.05, 0) is 73.8 Å². The summed E-state index contributed by atoms with van der Waals surface area (Å²) >= 11 is 0. The Hall–Kier alpha value is -1.91. The fourth-order valence-corrected chi connectivity index (χ4v) is 8.18. The van der Waals surface area contributed by atoms with Gasteiger partial charge >= 0.3 is 5.97 Å². The van der Waals surface area contributed by atoms with Gasteiger partial charge in [-0.1, -0.05) is 25.5 Å². The van der Waals surface area contributed by atoms with Crippen LogP contribution in [0.4, 0.5) is 0 Å². The summed E-state index contributed by atoms with van der Waals surface area (Å²) in [5.41, 5.74) is 0.944. The number of hydrogen-bond acceptors (Lipinski definition) is 8. The second kappa shape index (κ2) is 9.13. The number of aliphatic carboxylic acids is 1. The zero-order valence-corrected chi connectivity index (χ0v) is 20.7. The quantitative estimate of drug-likeness (QED) is 0.435. The molecular weight excluding hydrogens is 468 g/mol. The fraction of sp³-hybridized carbons (Fsp3) is 0.741. The van der Waals surface area contributed by atoms with E-state index in [0.717, 1.165) is 38.5 Å². The first-order chi connectivity index (χ1) is 17.0. The molecule has 9 heteroatoms. The van der Waals surface area contributed by atoms with Crippen LogP contribution in [0, 0.1) is 34.5 Å². The van der Waals surface area contributed by atoms with Gasteiger partial charge in [-0.3, -0.25) is 9.59 Å². The predicted molar refractivity (Wildman–Crippen MR) is 125 cm³/mol. The van der Waals surface area contributed by atoms with Crippen LogP contribution < -0.4 is 0 Å². The maximum Gasteiger partial charge on any atom is 0.335 e. The lowest BCUT2D eigenvalue weighted by molar-refractivity contribution is -0.292. The maximum atomic E-state index is 13.4. The Kier molecular flexibility index (Phi) is 6.53. The first-order valence-corrected chi connectivity index (χ1v) is 13.0. The summed E-state index contributed by atoms with van der Waals surface area (Å²) < 4.78 is 10.6. The highest BCUT2D eigenvalue weighted by molar-refractivity contribution is 6.01. The Morgan fingerprint density at radius 2 is 1.81 bits per heavy atom. The van der Waals surface area contributed by atoms with Crippen LogP contribution in [0.5, 0.6) is 0 Å². The molecule has 198 valence electrons. The van der Waals surface area contributed by atoms with Gasteiger partial charge in [0.05, 0.1) is 0 Å². The summed E-state index contributed by atoms with van der Waals surface area (Å²) in [6.45, 7) is 4.08. The SMILES string of the molecule is C[C@]12C=CC(=O)C=C1CCC1C2CC[C@@]2(C)C1CC[C@@H]2C(=O)COC1O[C@H](C(=O)O)[C@@H](O)[C@H](O)[C@H]1O. The zero-order chi connectivity index (χ0) is 26.0. The molecule has 1 heterocycles. The van der Waals surface area contributed by atoms with Crippen molar-refractivity contribution in [1.82, 2.24) is 0 Å². The van der Waals surface area contributed by atoms with Crippen molar-refractivity contribution < 1.29 is 44.3 Å². The summed E-state index contributed by atoms with van der Waals surface area (Å²) in [5, 5.41) is 39.3. The minimum atomic E-state index is -1.80. The van der Waals surface area contributed by atoms with Crippen molar-refractivity contribution in [3.05, 3.63) is 23.8 Å². The molecule has 3 saturated carbocycles. The molecule has 4 N–H and O–H groups in total. The van der Waals surface area contributed by atoms with E-state index < -0.39 is 36.7 Å². The van der Waals surface area contributed by atoms with Crippen LogP contribution in [0.2, 0.25) is 0 Å². The van der Waals surface area contributed by atoms with Crippen LogP contribution in [0.15, 0.2) is 23.8 Å². The monoisotopic (exact) mass is 504 g/mol. The van der Waals surface area contributed by atoms with Gasteiger partial charge in [0, 0.05) is 11.3 Å². The molecule has 5 aliphatic rings. The number of fused-ring (bicyclic) bond motifs is 5. The molecular formula is C27H36O9. The Morgan fingerprint density at radius 1 is 1.06 bits per heavy atom. The average molecular weight is 505 g/mol. The minimum absolute atomic E-state index is 0.0665. The molecule has 1 aliphatic heterocycles. The Bertz CT molecular complexity index is 1000. The largest absolute Gasteiger partial charge is 0.479 e. The molecule has 0 aromatic carbocycles. The number of hydrogen-bond donors (Lipinski definition) is 4. The number of carboxylic acid groups (broad SMARTS) is 1. The number of carboxylic acids is 1. The standard InChI is InChI=1S/C27H36O9/c1-26-9-7-14(28)11-13(26)3-4-15-16-5-6-18(27(16,2)10-8-17(15)26)19(29)12-35-25-22(32)20(30)21(31)23(36-25)24(33)34/h7,9,11,15-18,20-23,25,30-32H,3-6,8,10,12H2,1-2H3,(H,33,34)/t15?,16?,17?,18-,20+,21+,22-,23+,25?,26+,27+/m1/s1. The molecule has 4 unspecified atom stereocenters. The van der Waals surface area contributed by atoms with E-state index in [1.54, 1.807) is 6.08 Å². The Labute approximate surface area is 210 Å². The number of carbonyl (C=O) groups excluding carboxylic acids is 2. The van der Waals surface area contributed by atoms with Crippen molar-refractivity contribution in [2.24, 2.45) is 34.5 Å². The van der Waals surface area contributed by atoms with Gasteiger partial charge in [-0.25, -0.2) is 4.79 Å². The molecule has 1 saturated heterocycles. The molecule has 0 aromatic heterocycles. The number of rotatable bonds is 5. The van der Waals surface area contributed by atoms with Gasteiger partial charge < -0.3 is 29.9 Å². The first-order valence-electron chi connectivity index (χ1n) is 13.0. The van der Waals surface area contributed by atoms with Gasteiger partial charge in [0.2, 0.25) is 0 Å². The molecule has 0 amide bonds. The van der Waals surface area contributed by atoms with E-state index in [1.165, 1.54) is 5.57 Å². The summed E-state index contributed by atoms with van der Waals surface area (Å²) in [6.07, 6.45) is 2.56. The second-order valence-electron chi connectivity index (χ2n) is 11.8. The van der Waals surface area contributed by atoms with Crippen molar-refractivity contribution >= 4 is 17.5 Å². The highest BCUT2D eigenvalue weighted by atomic mass is 16.7. The molecule has 0 radical (unpaired) electrons. The molecule has 0 spiro atoms. The molecule has 5 rings (SSSR count). The topological polar surface area (TPSA) is 151 Å². The minimum Gasteiger partial charge on any atom is -0.479 e. The summed E-state index contributed by atoms with van der Waals surface area (Å²) in [7, 11) is 0. The van der Waals surface area contributed by atoms with Crippen molar-refractivity contribution in [3.63, 3.8) is 0 Å². The normalized spacial score (nSPS) is 48.0. The van der Waals surface area contributed by atoms with Gasteiger partial charge in [0.15, 0.2) is 24.0 Å². The second-order valence-corrected chi connectivity index (χ2v) is 11.8. The lowest BCUT2D eigenvalue weighted by Gasteiger charge is -2.57. The third-order valence-corrected chi connectivity index (χ3v) is 10.1. The van der Waals surface area contributed by atoms with Gasteiger partial charge in [0.25, 0.3) is 0 Å². The number of allylic oxidation sites excluding steroid dienone is 4. The van der Waals surface area contributed by atoms with E-state index in [4.69, 9.17) is 9.47 Å². The molecule has 4 fully saturated rings. The van der Waals surface area contributed by atoms with Crippen LogP contribution in [0.1, 0.15) is 52.4 Å². The number of ether oxygens (including phenoxy) is 2. The first kappa shape index (κ1) is 25.7. The number of aliphatic hydroxyl groups is 3. The van der Waals surface area contributed by atoms with E-state index >= 15 is 0 Å². The van der Waals surface area contributed by atoms with Crippen molar-refractivity contribution in [2.75, 3.05) is 6.61 Å². The molecule has 9 nitrogen and oxygen atoms in total. The molecule has 0 bridgehead atoms. The van der Waals surface area contributed by atoms with E-state index in [1.807, 2.05) is 6.08 Å². The summed E-state index contributed by atoms with van der Waals surface area (Å²) in [6, 6.07) is 0. The number of Topliss-reactive ketones (excluding diaryl/α,β-unsaturated/α-hetero) is 1. The highest BCUT2D eigenvalue weighted by Crippen LogP contribution is 2.66. The van der Waals surface area contributed by atoms with Crippen LogP contribution >= 0.6 is 0 Å². The lowest BCUT2D eigenvalue weighted by atomic mass is 9.47. The van der Waals surface area contributed by atoms with E-state index in [0.29, 0.717) is 17.8 Å². The number of ketones is 2. The number of carbonyl (C=O) groups is 3. The van der Waals surface area contributed by atoms with Gasteiger partial charge in [0.1, 0.15) is 24.9 Å². The van der Waals surface area contributed by atoms with Crippen LogP contribution in [0.25, 0.3) is 0 Å². The summed E-state index contributed by atoms with van der Waals surface area (Å²) in [4.78, 5) is 36.6. The average Bonchev–Trinajstić information content (AvgIpc) is 3.19. The maximum absolute atomic E-state index is 13.4. The van der Waals surface area contributed by atoms with Crippen molar-refractivity contribution in [2.45, 2.75) is 83.1 Å². The summed E-state index contributed by atoms with van der Waals surface area (Å²) in [5.74, 6) is -0.463. The van der Waals surface area contributed by atoms with E-state index in [-0.39, 0.29) is 34.9 Å². The van der Waals surface area contributed by atoms with E-state index in [9.17, 15) is 34.8 Å². The van der Waals surface area contributed by atoms with Crippen LogP contribution in [-0.2, 0) is 23.9 Å². The van der Waals surface area contributed by atoms with Crippen molar-refractivity contribution in [1.29, 1.82) is 0 Å². The third-order valence-electron chi connectivity index (χ3n) is 10.1. The molecule has 11 atom stereocenters. The number of aliphatic hydroxyl groups excluding tert-OH is 3. The fourth-order valence-electron chi connectivity index (χ4n) is 8.18. The van der Waals surface area contributed by atoms with Crippen LogP contribution in [-0.4, -0.2) is 75.3 Å². The Morgan fingerprint density at radius 3 is 2.53 bits per heavy atom. The molecule has 36 heavy (non-hydrogen) atoms. The van der Waals surface area contributed by atoms with Crippen molar-refractivity contribution in [3.8, 4) is 0 Å². The van der Waals surface area contributed by atoms with Gasteiger partial charge in [-0.2, -0.15) is 0 Å².